The Morgan fingerprint density at radius 1 is 1.20 bits per heavy atom. The first kappa shape index (κ1) is 21.7. The van der Waals surface area contributed by atoms with Gasteiger partial charge in [0.25, 0.3) is 0 Å². The molecule has 0 saturated heterocycles. The summed E-state index contributed by atoms with van der Waals surface area (Å²) >= 11 is 0. The number of aliphatic hydroxyl groups excluding tert-OH is 2. The molecule has 0 bridgehead atoms. The van der Waals surface area contributed by atoms with Crippen molar-refractivity contribution in [1.29, 1.82) is 0 Å². The molecule has 1 aliphatic carbocycles. The van der Waals surface area contributed by atoms with Crippen molar-refractivity contribution in [3.8, 4) is 11.8 Å². The van der Waals surface area contributed by atoms with Gasteiger partial charge < -0.3 is 15.3 Å². The smallest absolute Gasteiger partial charge is 0.303 e. The first-order valence-corrected chi connectivity index (χ1v) is 9.76. The van der Waals surface area contributed by atoms with Crippen LogP contribution >= 0.6 is 0 Å². The predicted molar refractivity (Wildman–Crippen MR) is 100 cm³/mol. The van der Waals surface area contributed by atoms with Crippen LogP contribution in [0.4, 0.5) is 0 Å². The normalized spacial score (nSPS) is 24.2. The molecule has 0 radical (unpaired) electrons. The average molecular weight is 350 g/mol. The van der Waals surface area contributed by atoms with Gasteiger partial charge in [-0.25, -0.2) is 0 Å². The lowest BCUT2D eigenvalue weighted by atomic mass is 9.91. The predicted octanol–water partition coefficient (Wildman–Crippen LogP) is 3.91. The summed E-state index contributed by atoms with van der Waals surface area (Å²) in [5.74, 6) is 5.72. The highest BCUT2D eigenvalue weighted by Crippen LogP contribution is 2.35. The van der Waals surface area contributed by atoms with E-state index >= 15 is 0 Å². The molecule has 0 spiro atoms. The van der Waals surface area contributed by atoms with E-state index in [1.807, 2.05) is 6.08 Å². The maximum atomic E-state index is 10.4. The highest BCUT2D eigenvalue weighted by atomic mass is 16.4. The molecule has 4 nitrogen and oxygen atoms in total. The molecule has 4 heteroatoms. The Bertz CT molecular complexity index is 460. The number of carboxylic acids is 1. The number of hydrogen-bond acceptors (Lipinski definition) is 3. The van der Waals surface area contributed by atoms with Crippen LogP contribution in [0.5, 0.6) is 0 Å². The van der Waals surface area contributed by atoms with Crippen molar-refractivity contribution in [2.45, 2.75) is 89.8 Å². The standard InChI is InChI=1S/C21H34O4/c1-2-3-4-7-10-18(22)15-13-17-14-16-20(23)19(17)11-8-5-6-9-12-21(24)25/h13,15,17-20,22-23H,2-4,6-7,9-12,14,16H2,1H3,(H,24,25)/b15-13+. The van der Waals surface area contributed by atoms with Crippen LogP contribution in [0.2, 0.25) is 0 Å². The first-order valence-electron chi connectivity index (χ1n) is 9.76. The van der Waals surface area contributed by atoms with Crippen molar-refractivity contribution in [1.82, 2.24) is 0 Å². The molecule has 4 unspecified atom stereocenters. The van der Waals surface area contributed by atoms with Gasteiger partial charge in [-0.3, -0.25) is 4.79 Å². The van der Waals surface area contributed by atoms with E-state index in [1.54, 1.807) is 0 Å². The number of unbranched alkanes of at least 4 members (excludes halogenated alkanes) is 4. The maximum Gasteiger partial charge on any atom is 0.303 e. The Balaban J connectivity index is 2.36. The van der Waals surface area contributed by atoms with Gasteiger partial charge in [0.1, 0.15) is 0 Å². The monoisotopic (exact) mass is 350 g/mol. The SMILES string of the molecule is CCCCCCC(O)/C=C/C1CCC(O)C1CC#CCCCC(=O)O. The highest BCUT2D eigenvalue weighted by Gasteiger charge is 2.32. The molecule has 0 aromatic carbocycles. The minimum absolute atomic E-state index is 0.121. The molecule has 0 heterocycles. The van der Waals surface area contributed by atoms with Crippen molar-refractivity contribution >= 4 is 5.97 Å². The zero-order valence-corrected chi connectivity index (χ0v) is 15.5. The minimum Gasteiger partial charge on any atom is -0.481 e. The molecular weight excluding hydrogens is 316 g/mol. The van der Waals surface area contributed by atoms with Gasteiger partial charge in [-0.2, -0.15) is 0 Å². The van der Waals surface area contributed by atoms with Crippen LogP contribution in [0.25, 0.3) is 0 Å². The topological polar surface area (TPSA) is 77.8 Å². The quantitative estimate of drug-likeness (QED) is 0.300. The van der Waals surface area contributed by atoms with Gasteiger partial charge in [-0.15, -0.1) is 11.8 Å². The lowest BCUT2D eigenvalue weighted by Gasteiger charge is -2.17. The lowest BCUT2D eigenvalue weighted by molar-refractivity contribution is -0.137. The summed E-state index contributed by atoms with van der Waals surface area (Å²) in [4.78, 5) is 10.4. The van der Waals surface area contributed by atoms with Gasteiger partial charge >= 0.3 is 5.97 Å². The van der Waals surface area contributed by atoms with E-state index in [1.165, 1.54) is 19.3 Å². The van der Waals surface area contributed by atoms with Crippen molar-refractivity contribution in [2.75, 3.05) is 0 Å². The van der Waals surface area contributed by atoms with Gasteiger partial charge in [-0.05, 0) is 31.6 Å². The van der Waals surface area contributed by atoms with Crippen molar-refractivity contribution in [2.24, 2.45) is 11.8 Å². The van der Waals surface area contributed by atoms with E-state index in [4.69, 9.17) is 5.11 Å². The minimum atomic E-state index is -0.786. The lowest BCUT2D eigenvalue weighted by Crippen LogP contribution is -2.17. The van der Waals surface area contributed by atoms with E-state index in [2.05, 4.69) is 24.8 Å². The van der Waals surface area contributed by atoms with E-state index in [9.17, 15) is 15.0 Å². The number of rotatable bonds is 11. The number of carbonyl (C=O) groups is 1. The fourth-order valence-electron chi connectivity index (χ4n) is 3.36. The van der Waals surface area contributed by atoms with Gasteiger partial charge in [0.05, 0.1) is 12.2 Å². The number of allylic oxidation sites excluding steroid dienone is 1. The summed E-state index contributed by atoms with van der Waals surface area (Å²) in [7, 11) is 0. The zero-order chi connectivity index (χ0) is 18.5. The summed E-state index contributed by atoms with van der Waals surface area (Å²) in [6.07, 6.45) is 12.4. The van der Waals surface area contributed by atoms with E-state index in [0.29, 0.717) is 19.3 Å². The van der Waals surface area contributed by atoms with Gasteiger partial charge in [0, 0.05) is 25.2 Å². The van der Waals surface area contributed by atoms with Crippen LogP contribution in [0, 0.1) is 23.7 Å². The summed E-state index contributed by atoms with van der Waals surface area (Å²) in [5.41, 5.74) is 0. The van der Waals surface area contributed by atoms with Crippen LogP contribution in [0.15, 0.2) is 12.2 Å². The zero-order valence-electron chi connectivity index (χ0n) is 15.5. The molecule has 1 aliphatic rings. The largest absolute Gasteiger partial charge is 0.481 e. The van der Waals surface area contributed by atoms with Gasteiger partial charge in [-0.1, -0.05) is 44.8 Å². The van der Waals surface area contributed by atoms with Crippen molar-refractivity contribution in [3.63, 3.8) is 0 Å². The third-order valence-electron chi connectivity index (χ3n) is 4.93. The van der Waals surface area contributed by atoms with E-state index in [0.717, 1.165) is 25.7 Å². The molecule has 0 aliphatic heterocycles. The molecular formula is C21H34O4. The maximum absolute atomic E-state index is 10.4. The number of aliphatic carboxylic acids is 1. The summed E-state index contributed by atoms with van der Waals surface area (Å²) in [5, 5.41) is 28.8. The second-order valence-corrected chi connectivity index (χ2v) is 7.08. The first-order chi connectivity index (χ1) is 12.0. The molecule has 4 atom stereocenters. The second kappa shape index (κ2) is 13.0. The number of aliphatic hydroxyl groups is 2. The average Bonchev–Trinajstić information content (AvgIpc) is 2.93. The summed E-state index contributed by atoms with van der Waals surface area (Å²) in [6.45, 7) is 2.18. The Labute approximate surface area is 152 Å². The fourth-order valence-corrected chi connectivity index (χ4v) is 3.36. The summed E-state index contributed by atoms with van der Waals surface area (Å²) in [6, 6.07) is 0. The molecule has 0 aromatic rings. The van der Waals surface area contributed by atoms with Gasteiger partial charge in [0.15, 0.2) is 0 Å². The van der Waals surface area contributed by atoms with Crippen LogP contribution in [0.1, 0.15) is 77.6 Å². The molecule has 3 N–H and O–H groups in total. The third kappa shape index (κ3) is 9.67. The van der Waals surface area contributed by atoms with E-state index in [-0.39, 0.29) is 24.4 Å². The molecule has 0 amide bonds. The second-order valence-electron chi connectivity index (χ2n) is 7.08. The van der Waals surface area contributed by atoms with E-state index < -0.39 is 12.1 Å². The van der Waals surface area contributed by atoms with Gasteiger partial charge in [0.2, 0.25) is 0 Å². The molecule has 1 fully saturated rings. The molecule has 1 rings (SSSR count). The number of carboxylic acid groups (broad SMARTS) is 1. The van der Waals surface area contributed by atoms with Crippen LogP contribution < -0.4 is 0 Å². The van der Waals surface area contributed by atoms with Crippen LogP contribution in [-0.4, -0.2) is 33.5 Å². The van der Waals surface area contributed by atoms with Crippen molar-refractivity contribution in [3.05, 3.63) is 12.2 Å². The van der Waals surface area contributed by atoms with Crippen LogP contribution in [-0.2, 0) is 4.79 Å². The highest BCUT2D eigenvalue weighted by molar-refractivity contribution is 5.66. The Morgan fingerprint density at radius 3 is 2.72 bits per heavy atom. The third-order valence-corrected chi connectivity index (χ3v) is 4.93. The molecule has 25 heavy (non-hydrogen) atoms. The molecule has 1 saturated carbocycles. The van der Waals surface area contributed by atoms with Crippen molar-refractivity contribution < 1.29 is 20.1 Å². The number of hydrogen-bond donors (Lipinski definition) is 3. The Kier molecular flexibility index (Phi) is 11.3. The van der Waals surface area contributed by atoms with Crippen LogP contribution in [0.3, 0.4) is 0 Å². The molecule has 0 aromatic heterocycles. The Hall–Kier alpha value is -1.31. The summed E-state index contributed by atoms with van der Waals surface area (Å²) < 4.78 is 0. The Morgan fingerprint density at radius 2 is 2.00 bits per heavy atom. The molecule has 142 valence electrons. The fraction of sp³-hybridized carbons (Fsp3) is 0.762.